The maximum absolute atomic E-state index is 13.6. The first-order valence-corrected chi connectivity index (χ1v) is 8.76. The Labute approximate surface area is 146 Å². The van der Waals surface area contributed by atoms with E-state index in [1.54, 1.807) is 12.1 Å². The number of nitrogens with zero attached hydrogens (tertiary/aromatic N) is 4. The molecule has 25 heavy (non-hydrogen) atoms. The van der Waals surface area contributed by atoms with E-state index in [2.05, 4.69) is 10.2 Å². The Balaban J connectivity index is 1.43. The molecule has 1 aromatic carbocycles. The summed E-state index contributed by atoms with van der Waals surface area (Å²) in [5.41, 5.74) is 0.670. The molecule has 7 heteroatoms. The summed E-state index contributed by atoms with van der Waals surface area (Å²) in [5.74, 6) is 0.548. The van der Waals surface area contributed by atoms with Gasteiger partial charge in [-0.2, -0.15) is 0 Å². The Kier molecular flexibility index (Phi) is 5.63. The molecule has 2 aromatic rings. The van der Waals surface area contributed by atoms with Crippen LogP contribution >= 0.6 is 0 Å². The molecule has 2 heterocycles. The number of piperazine rings is 1. The lowest BCUT2D eigenvalue weighted by Gasteiger charge is -2.33. The Morgan fingerprint density at radius 2 is 1.96 bits per heavy atom. The number of amides is 1. The second-order valence-electron chi connectivity index (χ2n) is 6.14. The van der Waals surface area contributed by atoms with Crippen molar-refractivity contribution in [3.05, 3.63) is 41.5 Å². The van der Waals surface area contributed by atoms with Crippen LogP contribution in [0.4, 0.5) is 10.4 Å². The summed E-state index contributed by atoms with van der Waals surface area (Å²) in [4.78, 5) is 16.2. The van der Waals surface area contributed by atoms with Crippen molar-refractivity contribution in [1.29, 1.82) is 0 Å². The first kappa shape index (κ1) is 17.4. The molecule has 0 radical (unpaired) electrons. The van der Waals surface area contributed by atoms with E-state index in [-0.39, 0.29) is 11.7 Å². The van der Waals surface area contributed by atoms with Crippen molar-refractivity contribution in [3.8, 4) is 0 Å². The van der Waals surface area contributed by atoms with Gasteiger partial charge < -0.3 is 14.2 Å². The minimum absolute atomic E-state index is 0.121. The summed E-state index contributed by atoms with van der Waals surface area (Å²) in [6.07, 6.45) is 2.39. The quantitative estimate of drug-likeness (QED) is 0.804. The van der Waals surface area contributed by atoms with Gasteiger partial charge in [0.15, 0.2) is 0 Å². The molecular weight excluding hydrogens is 323 g/mol. The monoisotopic (exact) mass is 346 g/mol. The number of aryl methyl sites for hydroxylation is 2. The second kappa shape index (κ2) is 8.09. The van der Waals surface area contributed by atoms with Gasteiger partial charge in [-0.3, -0.25) is 4.79 Å². The van der Waals surface area contributed by atoms with Gasteiger partial charge in [0.25, 0.3) is 0 Å². The molecule has 134 valence electrons. The Hall–Kier alpha value is -2.44. The molecule has 6 nitrogen and oxygen atoms in total. The number of rotatable bonds is 6. The van der Waals surface area contributed by atoms with Crippen LogP contribution in [0.15, 0.2) is 28.7 Å². The average Bonchev–Trinajstić information content (AvgIpc) is 3.12. The van der Waals surface area contributed by atoms with Gasteiger partial charge in [-0.05, 0) is 24.5 Å². The molecule has 1 fully saturated rings. The highest BCUT2D eigenvalue weighted by molar-refractivity contribution is 5.76. The molecule has 0 saturated carbocycles. The Morgan fingerprint density at radius 1 is 1.20 bits per heavy atom. The van der Waals surface area contributed by atoms with Gasteiger partial charge in [0, 0.05) is 39.0 Å². The molecule has 0 unspecified atom stereocenters. The van der Waals surface area contributed by atoms with Gasteiger partial charge in [0.05, 0.1) is 0 Å². The molecule has 3 rings (SSSR count). The van der Waals surface area contributed by atoms with Gasteiger partial charge in [0.1, 0.15) is 5.82 Å². The first-order valence-electron chi connectivity index (χ1n) is 8.76. The van der Waals surface area contributed by atoms with Crippen molar-refractivity contribution in [3.63, 3.8) is 0 Å². The number of hydrogen-bond donors (Lipinski definition) is 0. The highest BCUT2D eigenvalue weighted by atomic mass is 19.1. The van der Waals surface area contributed by atoms with Crippen molar-refractivity contribution in [2.24, 2.45) is 0 Å². The van der Waals surface area contributed by atoms with Crippen molar-refractivity contribution >= 4 is 11.9 Å². The van der Waals surface area contributed by atoms with Gasteiger partial charge in [-0.15, -0.1) is 5.10 Å². The van der Waals surface area contributed by atoms with Gasteiger partial charge in [0.2, 0.25) is 11.8 Å². The van der Waals surface area contributed by atoms with Crippen LogP contribution in [0.2, 0.25) is 0 Å². The summed E-state index contributed by atoms with van der Waals surface area (Å²) in [6, 6.07) is 7.26. The van der Waals surface area contributed by atoms with Crippen LogP contribution in [0.1, 0.15) is 31.2 Å². The van der Waals surface area contributed by atoms with E-state index >= 15 is 0 Å². The summed E-state index contributed by atoms with van der Waals surface area (Å²) < 4.78 is 19.1. The zero-order valence-electron chi connectivity index (χ0n) is 14.4. The van der Waals surface area contributed by atoms with E-state index in [1.807, 2.05) is 22.8 Å². The smallest absolute Gasteiger partial charge is 0.318 e. The molecule has 0 aliphatic carbocycles. The van der Waals surface area contributed by atoms with Crippen molar-refractivity contribution in [2.45, 2.75) is 32.6 Å². The number of anilines is 1. The fraction of sp³-hybridized carbons (Fsp3) is 0.500. The third-order valence-corrected chi connectivity index (χ3v) is 4.46. The predicted molar refractivity (Wildman–Crippen MR) is 91.8 cm³/mol. The predicted octanol–water partition coefficient (Wildman–Crippen LogP) is 2.44. The fourth-order valence-corrected chi connectivity index (χ4v) is 2.95. The van der Waals surface area contributed by atoms with Crippen LogP contribution in [0, 0.1) is 5.82 Å². The first-order chi connectivity index (χ1) is 12.2. The Bertz CT molecular complexity index is 711. The highest BCUT2D eigenvalue weighted by Gasteiger charge is 2.23. The number of halogens is 1. The lowest BCUT2D eigenvalue weighted by atomic mass is 10.1. The molecule has 1 amide bonds. The largest absolute Gasteiger partial charge is 0.408 e. The lowest BCUT2D eigenvalue weighted by Crippen LogP contribution is -2.48. The maximum Gasteiger partial charge on any atom is 0.318 e. The number of aromatic nitrogens is 2. The van der Waals surface area contributed by atoms with E-state index in [4.69, 9.17) is 4.42 Å². The molecule has 1 aliphatic rings. The van der Waals surface area contributed by atoms with E-state index in [0.717, 1.165) is 0 Å². The van der Waals surface area contributed by atoms with Crippen LogP contribution in [0.3, 0.4) is 0 Å². The van der Waals surface area contributed by atoms with Gasteiger partial charge in [-0.25, -0.2) is 4.39 Å². The van der Waals surface area contributed by atoms with Crippen LogP contribution < -0.4 is 4.90 Å². The minimum atomic E-state index is -0.199. The van der Waals surface area contributed by atoms with Gasteiger partial charge >= 0.3 is 6.01 Å². The molecule has 0 bridgehead atoms. The third kappa shape index (κ3) is 4.35. The van der Waals surface area contributed by atoms with Crippen LogP contribution in [0.5, 0.6) is 0 Å². The number of hydrogen-bond acceptors (Lipinski definition) is 5. The number of carbonyl (C=O) groups excluding carboxylic acids is 1. The van der Waals surface area contributed by atoms with E-state index in [0.29, 0.717) is 69.3 Å². The second-order valence-corrected chi connectivity index (χ2v) is 6.14. The molecular formula is C18H23FN4O2. The molecule has 1 saturated heterocycles. The van der Waals surface area contributed by atoms with Crippen molar-refractivity contribution in [1.82, 2.24) is 15.1 Å². The SMILES string of the molecule is CCc1nnc(N2CCN(C(=O)CCCc3ccccc3F)CC2)o1. The van der Waals surface area contributed by atoms with Crippen LogP contribution in [0.25, 0.3) is 0 Å². The molecule has 0 spiro atoms. The van der Waals surface area contributed by atoms with Crippen molar-refractivity contribution in [2.75, 3.05) is 31.1 Å². The van der Waals surface area contributed by atoms with E-state index < -0.39 is 0 Å². The normalized spacial score (nSPS) is 14.8. The topological polar surface area (TPSA) is 62.5 Å². The zero-order valence-corrected chi connectivity index (χ0v) is 14.4. The van der Waals surface area contributed by atoms with E-state index in [1.165, 1.54) is 6.07 Å². The Morgan fingerprint density at radius 3 is 2.64 bits per heavy atom. The van der Waals surface area contributed by atoms with Crippen molar-refractivity contribution < 1.29 is 13.6 Å². The third-order valence-electron chi connectivity index (χ3n) is 4.46. The molecule has 0 atom stereocenters. The fourth-order valence-electron chi connectivity index (χ4n) is 2.95. The zero-order chi connectivity index (χ0) is 17.6. The number of carbonyl (C=O) groups is 1. The summed E-state index contributed by atoms with van der Waals surface area (Å²) in [6.45, 7) is 4.62. The highest BCUT2D eigenvalue weighted by Crippen LogP contribution is 2.16. The molecule has 1 aromatic heterocycles. The summed E-state index contributed by atoms with van der Waals surface area (Å²) in [5, 5.41) is 8.01. The van der Waals surface area contributed by atoms with Crippen LogP contribution in [-0.2, 0) is 17.6 Å². The summed E-state index contributed by atoms with van der Waals surface area (Å²) >= 11 is 0. The average molecular weight is 346 g/mol. The molecule has 0 N–H and O–H groups in total. The lowest BCUT2D eigenvalue weighted by molar-refractivity contribution is -0.131. The number of benzene rings is 1. The van der Waals surface area contributed by atoms with Gasteiger partial charge in [-0.1, -0.05) is 30.2 Å². The standard InChI is InChI=1S/C18H23FN4O2/c1-2-16-20-21-18(25-16)23-12-10-22(11-13-23)17(24)9-5-7-14-6-3-4-8-15(14)19/h3-4,6,8H,2,5,7,9-13H2,1H3. The van der Waals surface area contributed by atoms with E-state index in [9.17, 15) is 9.18 Å². The minimum Gasteiger partial charge on any atom is -0.408 e. The summed E-state index contributed by atoms with van der Waals surface area (Å²) in [7, 11) is 0. The van der Waals surface area contributed by atoms with Crippen LogP contribution in [-0.4, -0.2) is 47.2 Å². The maximum atomic E-state index is 13.6. The molecule has 1 aliphatic heterocycles.